The van der Waals surface area contributed by atoms with E-state index in [2.05, 4.69) is 25.8 Å². The van der Waals surface area contributed by atoms with Gasteiger partial charge in [0, 0.05) is 11.6 Å². The van der Waals surface area contributed by atoms with Crippen LogP contribution in [0.15, 0.2) is 53.3 Å². The molecule has 0 radical (unpaired) electrons. The number of carbonyl (C=O) groups is 1. The quantitative estimate of drug-likeness (QED) is 0.626. The minimum absolute atomic E-state index is 0.0211. The minimum Gasteiger partial charge on any atom is -0.476 e. The van der Waals surface area contributed by atoms with Crippen molar-refractivity contribution in [2.24, 2.45) is 0 Å². The second-order valence-corrected chi connectivity index (χ2v) is 9.31. The molecule has 31 heavy (non-hydrogen) atoms. The highest BCUT2D eigenvalue weighted by Gasteiger charge is 2.13. The van der Waals surface area contributed by atoms with E-state index in [9.17, 15) is 9.59 Å². The van der Waals surface area contributed by atoms with Crippen molar-refractivity contribution >= 4 is 29.3 Å². The summed E-state index contributed by atoms with van der Waals surface area (Å²) in [6, 6.07) is 16.7. The summed E-state index contributed by atoms with van der Waals surface area (Å²) in [6.07, 6.45) is 2.67. The fourth-order valence-corrected chi connectivity index (χ4v) is 3.77. The smallest absolute Gasteiger partial charge is 0.266 e. The average molecular weight is 433 g/mol. The summed E-state index contributed by atoms with van der Waals surface area (Å²) in [7, 11) is 0. The zero-order valence-corrected chi connectivity index (χ0v) is 18.7. The number of aromatic amines is 1. The first-order valence-corrected chi connectivity index (χ1v) is 10.7. The highest BCUT2D eigenvalue weighted by Crippen LogP contribution is 2.22. The third-order valence-corrected chi connectivity index (χ3v) is 5.61. The maximum absolute atomic E-state index is 12.6. The van der Waals surface area contributed by atoms with Crippen molar-refractivity contribution in [3.05, 3.63) is 84.8 Å². The van der Waals surface area contributed by atoms with Gasteiger partial charge in [-0.05, 0) is 41.7 Å². The molecule has 5 nitrogen and oxygen atoms in total. The number of hydrogen-bond donors (Lipinski definition) is 1. The molecule has 158 valence electrons. The molecule has 0 spiro atoms. The Hall–Kier alpha value is -3.43. The van der Waals surface area contributed by atoms with Crippen LogP contribution in [-0.2, 0) is 5.41 Å². The molecule has 0 aliphatic rings. The Morgan fingerprint density at radius 2 is 1.77 bits per heavy atom. The van der Waals surface area contributed by atoms with Crippen LogP contribution in [0.3, 0.4) is 0 Å². The van der Waals surface area contributed by atoms with Crippen LogP contribution < -0.4 is 19.5 Å². The Labute approximate surface area is 185 Å². The van der Waals surface area contributed by atoms with Crippen molar-refractivity contribution in [3.8, 4) is 11.8 Å². The highest BCUT2D eigenvalue weighted by atomic mass is 32.1. The fourth-order valence-electron chi connectivity index (χ4n) is 2.89. The van der Waals surface area contributed by atoms with Crippen molar-refractivity contribution in [3.63, 3.8) is 0 Å². The molecule has 3 aromatic rings. The predicted octanol–water partition coefficient (Wildman–Crippen LogP) is 3.52. The Morgan fingerprint density at radius 3 is 2.35 bits per heavy atom. The highest BCUT2D eigenvalue weighted by molar-refractivity contribution is 7.07. The van der Waals surface area contributed by atoms with Gasteiger partial charge in [-0.15, -0.1) is 11.3 Å². The van der Waals surface area contributed by atoms with E-state index in [1.54, 1.807) is 25.1 Å². The molecule has 0 bridgehead atoms. The second kappa shape index (κ2) is 9.15. The first-order chi connectivity index (χ1) is 14.7. The van der Waals surface area contributed by atoms with Crippen LogP contribution in [0.2, 0.25) is 0 Å². The zero-order valence-electron chi connectivity index (χ0n) is 17.9. The largest absolute Gasteiger partial charge is 0.476 e. The van der Waals surface area contributed by atoms with E-state index in [1.807, 2.05) is 42.5 Å². The first-order valence-electron chi connectivity index (χ1n) is 9.89. The number of ether oxygens (including phenoxy) is 1. The van der Waals surface area contributed by atoms with E-state index in [0.29, 0.717) is 20.5 Å². The Kier molecular flexibility index (Phi) is 6.57. The van der Waals surface area contributed by atoms with E-state index in [-0.39, 0.29) is 16.8 Å². The molecule has 3 rings (SSSR count). The lowest BCUT2D eigenvalue weighted by Gasteiger charge is -2.18. The molecule has 1 heterocycles. The van der Waals surface area contributed by atoms with Crippen LogP contribution in [-0.4, -0.2) is 16.9 Å². The SMILES string of the molecule is CC(C#N)Oc1ccc(/C=c2\s/c(=C\C(=O)c3ccc(C(C)(C)C)cc3)[nH]c2=O)cc1. The summed E-state index contributed by atoms with van der Waals surface area (Å²) in [5.41, 5.74) is 2.33. The van der Waals surface area contributed by atoms with Gasteiger partial charge in [-0.3, -0.25) is 9.59 Å². The molecule has 1 aromatic heterocycles. The van der Waals surface area contributed by atoms with E-state index in [4.69, 9.17) is 10.00 Å². The Bertz CT molecular complexity index is 1290. The van der Waals surface area contributed by atoms with Crippen molar-refractivity contribution in [2.75, 3.05) is 0 Å². The lowest BCUT2D eigenvalue weighted by atomic mass is 9.86. The number of nitrogens with zero attached hydrogens (tertiary/aromatic N) is 1. The molecule has 1 atom stereocenters. The topological polar surface area (TPSA) is 82.9 Å². The molecule has 1 unspecified atom stereocenters. The molecular weight excluding hydrogens is 408 g/mol. The predicted molar refractivity (Wildman–Crippen MR) is 124 cm³/mol. The molecule has 0 aliphatic heterocycles. The number of benzene rings is 2. The van der Waals surface area contributed by atoms with E-state index in [1.165, 1.54) is 17.4 Å². The Morgan fingerprint density at radius 1 is 1.13 bits per heavy atom. The Balaban J connectivity index is 1.83. The summed E-state index contributed by atoms with van der Waals surface area (Å²) in [4.78, 5) is 27.6. The van der Waals surface area contributed by atoms with E-state index < -0.39 is 6.10 Å². The van der Waals surface area contributed by atoms with Gasteiger partial charge in [0.2, 0.25) is 0 Å². The van der Waals surface area contributed by atoms with Gasteiger partial charge in [0.1, 0.15) is 11.8 Å². The molecule has 0 saturated carbocycles. The molecule has 0 saturated heterocycles. The molecule has 6 heteroatoms. The number of rotatable bonds is 5. The number of H-pyrrole nitrogens is 1. The van der Waals surface area contributed by atoms with Crippen LogP contribution in [0.4, 0.5) is 0 Å². The third kappa shape index (κ3) is 5.80. The second-order valence-electron chi connectivity index (χ2n) is 8.22. The van der Waals surface area contributed by atoms with Gasteiger partial charge < -0.3 is 9.72 Å². The molecule has 2 aromatic carbocycles. The number of carbonyl (C=O) groups excluding carboxylic acids is 1. The summed E-state index contributed by atoms with van der Waals surface area (Å²) in [6.45, 7) is 8.04. The lowest BCUT2D eigenvalue weighted by molar-refractivity contribution is 0.106. The third-order valence-electron chi connectivity index (χ3n) is 4.65. The van der Waals surface area contributed by atoms with Gasteiger partial charge in [-0.2, -0.15) is 5.26 Å². The number of aromatic nitrogens is 1. The van der Waals surface area contributed by atoms with Gasteiger partial charge in [-0.25, -0.2) is 0 Å². The fraction of sp³-hybridized carbons (Fsp3) is 0.240. The van der Waals surface area contributed by atoms with E-state index in [0.717, 1.165) is 11.1 Å². The molecule has 0 aliphatic carbocycles. The number of hydrogen-bond acceptors (Lipinski definition) is 5. The molecule has 0 amide bonds. The summed E-state index contributed by atoms with van der Waals surface area (Å²) < 4.78 is 6.43. The maximum atomic E-state index is 12.6. The average Bonchev–Trinajstić information content (AvgIpc) is 3.07. The number of ketones is 1. The lowest BCUT2D eigenvalue weighted by Crippen LogP contribution is -2.20. The van der Waals surface area contributed by atoms with Gasteiger partial charge in [-0.1, -0.05) is 57.2 Å². The van der Waals surface area contributed by atoms with Crippen LogP contribution in [0, 0.1) is 11.3 Å². The van der Waals surface area contributed by atoms with Crippen molar-refractivity contribution in [2.45, 2.75) is 39.2 Å². The van der Waals surface area contributed by atoms with Crippen LogP contribution in [0.25, 0.3) is 12.2 Å². The molecule has 1 N–H and O–H groups in total. The van der Waals surface area contributed by atoms with Gasteiger partial charge >= 0.3 is 0 Å². The van der Waals surface area contributed by atoms with Crippen LogP contribution in [0.1, 0.15) is 49.2 Å². The van der Waals surface area contributed by atoms with Gasteiger partial charge in [0.25, 0.3) is 5.56 Å². The van der Waals surface area contributed by atoms with Gasteiger partial charge in [0.05, 0.1) is 9.20 Å². The van der Waals surface area contributed by atoms with Crippen LogP contribution in [0.5, 0.6) is 5.75 Å². The van der Waals surface area contributed by atoms with Crippen LogP contribution >= 0.6 is 11.3 Å². The van der Waals surface area contributed by atoms with Crippen molar-refractivity contribution in [1.82, 2.24) is 4.98 Å². The number of nitriles is 1. The molecular formula is C25H24N2O3S. The summed E-state index contributed by atoms with van der Waals surface area (Å²) >= 11 is 1.23. The first kappa shape index (κ1) is 22.3. The standard InChI is InChI=1S/C25H24N2O3S/c1-16(15-26)30-20-11-5-17(6-12-20)13-22-24(29)27-23(31-22)14-21(28)18-7-9-19(10-8-18)25(2,3)4/h5-14,16H,1-4H3,(H,27,29)/b22-13-,23-14-. The monoisotopic (exact) mass is 432 g/mol. The molecule has 0 fully saturated rings. The van der Waals surface area contributed by atoms with Gasteiger partial charge in [0.15, 0.2) is 11.9 Å². The summed E-state index contributed by atoms with van der Waals surface area (Å²) in [5.74, 6) is 0.431. The number of nitrogens with one attached hydrogen (secondary N) is 1. The zero-order chi connectivity index (χ0) is 22.6. The minimum atomic E-state index is -0.532. The maximum Gasteiger partial charge on any atom is 0.266 e. The number of thiazole rings is 1. The van der Waals surface area contributed by atoms with E-state index >= 15 is 0 Å². The van der Waals surface area contributed by atoms with Crippen molar-refractivity contribution in [1.29, 1.82) is 5.26 Å². The summed E-state index contributed by atoms with van der Waals surface area (Å²) in [5, 5.41) is 8.81. The van der Waals surface area contributed by atoms with Crippen molar-refractivity contribution < 1.29 is 9.53 Å². The number of Topliss-reactive ketones (excluding diaryl/α,β-unsaturated/α-hetero) is 1. The normalized spacial score (nSPS) is 13.6.